The molecule has 3 N–H and O–H groups in total. The van der Waals surface area contributed by atoms with Gasteiger partial charge in [-0.1, -0.05) is 11.8 Å². The standard InChI is InChI=1S/C13H15N3OS2/c14-9-3-4-10-11(5-9)19-13(16-10)18-7-12(17)15-6-8-1-2-8/h3-5,8H,1-2,6-7,14H2,(H,15,17). The van der Waals surface area contributed by atoms with Crippen molar-refractivity contribution < 1.29 is 4.79 Å². The number of fused-ring (bicyclic) bond motifs is 1. The highest BCUT2D eigenvalue weighted by atomic mass is 32.2. The molecule has 1 heterocycles. The van der Waals surface area contributed by atoms with Crippen LogP contribution in [0, 0.1) is 5.92 Å². The van der Waals surface area contributed by atoms with E-state index in [1.165, 1.54) is 24.6 Å². The largest absolute Gasteiger partial charge is 0.399 e. The first kappa shape index (κ1) is 12.7. The van der Waals surface area contributed by atoms with Gasteiger partial charge < -0.3 is 11.1 Å². The van der Waals surface area contributed by atoms with Crippen LogP contribution in [0.2, 0.25) is 0 Å². The number of carbonyl (C=O) groups is 1. The first-order valence-corrected chi connectivity index (χ1v) is 8.06. The Morgan fingerprint density at radius 1 is 1.53 bits per heavy atom. The van der Waals surface area contributed by atoms with Gasteiger partial charge in [-0.05, 0) is 37.0 Å². The predicted octanol–water partition coefficient (Wildman–Crippen LogP) is 2.50. The highest BCUT2D eigenvalue weighted by Gasteiger charge is 2.21. The Labute approximate surface area is 119 Å². The average Bonchev–Trinajstić information content (AvgIpc) is 3.13. The highest BCUT2D eigenvalue weighted by Crippen LogP contribution is 2.31. The van der Waals surface area contributed by atoms with Crippen molar-refractivity contribution in [2.75, 3.05) is 18.0 Å². The maximum Gasteiger partial charge on any atom is 0.230 e. The van der Waals surface area contributed by atoms with E-state index in [1.807, 2.05) is 18.2 Å². The van der Waals surface area contributed by atoms with Crippen molar-refractivity contribution >= 4 is 44.9 Å². The number of thiazole rings is 1. The second kappa shape index (κ2) is 5.38. The Morgan fingerprint density at radius 2 is 2.37 bits per heavy atom. The minimum atomic E-state index is 0.0932. The van der Waals surface area contributed by atoms with Crippen molar-refractivity contribution in [2.24, 2.45) is 5.92 Å². The van der Waals surface area contributed by atoms with E-state index < -0.39 is 0 Å². The van der Waals surface area contributed by atoms with E-state index in [2.05, 4.69) is 10.3 Å². The number of nitrogens with two attached hydrogens (primary N) is 1. The van der Waals surface area contributed by atoms with Gasteiger partial charge in [-0.2, -0.15) is 0 Å². The molecule has 2 aromatic rings. The zero-order valence-corrected chi connectivity index (χ0v) is 12.0. The summed E-state index contributed by atoms with van der Waals surface area (Å²) in [5.41, 5.74) is 7.43. The Bertz CT molecular complexity index is 607. The molecular formula is C13H15N3OS2. The highest BCUT2D eigenvalue weighted by molar-refractivity contribution is 8.01. The van der Waals surface area contributed by atoms with Gasteiger partial charge in [-0.15, -0.1) is 11.3 Å². The third-order valence-corrected chi connectivity index (χ3v) is 5.17. The van der Waals surface area contributed by atoms with Crippen molar-refractivity contribution in [1.29, 1.82) is 0 Å². The number of hydrogen-bond acceptors (Lipinski definition) is 5. The number of rotatable bonds is 5. The first-order valence-electron chi connectivity index (χ1n) is 6.26. The smallest absolute Gasteiger partial charge is 0.230 e. The number of nitrogens with one attached hydrogen (secondary N) is 1. The molecule has 4 nitrogen and oxygen atoms in total. The van der Waals surface area contributed by atoms with E-state index in [4.69, 9.17) is 5.73 Å². The molecule has 0 aliphatic heterocycles. The number of anilines is 1. The molecule has 0 saturated heterocycles. The van der Waals surface area contributed by atoms with Gasteiger partial charge in [0.05, 0.1) is 16.0 Å². The third-order valence-electron chi connectivity index (χ3n) is 3.00. The fourth-order valence-corrected chi connectivity index (χ4v) is 3.69. The monoisotopic (exact) mass is 293 g/mol. The SMILES string of the molecule is Nc1ccc2nc(SCC(=O)NCC3CC3)sc2c1. The van der Waals surface area contributed by atoms with Gasteiger partial charge in [-0.3, -0.25) is 4.79 Å². The summed E-state index contributed by atoms with van der Waals surface area (Å²) in [5.74, 6) is 1.25. The van der Waals surface area contributed by atoms with Crippen LogP contribution in [-0.2, 0) is 4.79 Å². The molecule has 1 aliphatic carbocycles. The Hall–Kier alpha value is -1.27. The topological polar surface area (TPSA) is 68.0 Å². The van der Waals surface area contributed by atoms with Crippen molar-refractivity contribution in [3.63, 3.8) is 0 Å². The Balaban J connectivity index is 1.56. The van der Waals surface area contributed by atoms with E-state index in [9.17, 15) is 4.79 Å². The van der Waals surface area contributed by atoms with E-state index >= 15 is 0 Å². The molecule has 0 unspecified atom stereocenters. The molecule has 100 valence electrons. The van der Waals surface area contributed by atoms with Gasteiger partial charge in [0.15, 0.2) is 4.34 Å². The van der Waals surface area contributed by atoms with Crippen LogP contribution in [-0.4, -0.2) is 23.2 Å². The lowest BCUT2D eigenvalue weighted by molar-refractivity contribution is -0.118. The van der Waals surface area contributed by atoms with E-state index in [1.54, 1.807) is 11.3 Å². The molecule has 0 spiro atoms. The molecule has 19 heavy (non-hydrogen) atoms. The molecule has 0 radical (unpaired) electrons. The molecule has 1 fully saturated rings. The summed E-state index contributed by atoms with van der Waals surface area (Å²) in [5, 5.41) is 2.95. The van der Waals surface area contributed by atoms with Crippen LogP contribution in [0.15, 0.2) is 22.5 Å². The van der Waals surface area contributed by atoms with Gasteiger partial charge in [0.1, 0.15) is 0 Å². The lowest BCUT2D eigenvalue weighted by atomic mass is 10.3. The number of hydrogen-bond donors (Lipinski definition) is 2. The average molecular weight is 293 g/mol. The quantitative estimate of drug-likeness (QED) is 0.656. The summed E-state index contributed by atoms with van der Waals surface area (Å²) in [6, 6.07) is 5.68. The molecular weight excluding hydrogens is 278 g/mol. The summed E-state index contributed by atoms with van der Waals surface area (Å²) >= 11 is 3.07. The van der Waals surface area contributed by atoms with Crippen molar-refractivity contribution in [1.82, 2.24) is 10.3 Å². The molecule has 0 atom stereocenters. The summed E-state index contributed by atoms with van der Waals surface area (Å²) in [6.45, 7) is 0.829. The van der Waals surface area contributed by atoms with Crippen molar-refractivity contribution in [3.05, 3.63) is 18.2 Å². The molecule has 1 aliphatic rings. The molecule has 1 aromatic carbocycles. The minimum Gasteiger partial charge on any atom is -0.399 e. The Kier molecular flexibility index (Phi) is 3.61. The van der Waals surface area contributed by atoms with Gasteiger partial charge in [0, 0.05) is 12.2 Å². The van der Waals surface area contributed by atoms with Crippen LogP contribution in [0.25, 0.3) is 10.2 Å². The fourth-order valence-electron chi connectivity index (χ4n) is 1.74. The van der Waals surface area contributed by atoms with Gasteiger partial charge in [0.2, 0.25) is 5.91 Å². The van der Waals surface area contributed by atoms with Crippen molar-refractivity contribution in [3.8, 4) is 0 Å². The minimum absolute atomic E-state index is 0.0932. The molecule has 1 amide bonds. The zero-order valence-electron chi connectivity index (χ0n) is 10.4. The van der Waals surface area contributed by atoms with Crippen LogP contribution in [0.4, 0.5) is 5.69 Å². The Morgan fingerprint density at radius 3 is 3.16 bits per heavy atom. The maximum absolute atomic E-state index is 11.6. The van der Waals surface area contributed by atoms with Crippen LogP contribution in [0.3, 0.4) is 0 Å². The number of aromatic nitrogens is 1. The number of nitrogen functional groups attached to an aromatic ring is 1. The molecule has 1 aromatic heterocycles. The lowest BCUT2D eigenvalue weighted by Crippen LogP contribution is -2.27. The molecule has 3 rings (SSSR count). The summed E-state index contributed by atoms with van der Waals surface area (Å²) in [7, 11) is 0. The second-order valence-electron chi connectivity index (χ2n) is 4.74. The fraction of sp³-hybridized carbons (Fsp3) is 0.385. The zero-order chi connectivity index (χ0) is 13.2. The lowest BCUT2D eigenvalue weighted by Gasteiger charge is -2.01. The third kappa shape index (κ3) is 3.39. The van der Waals surface area contributed by atoms with Crippen molar-refractivity contribution in [2.45, 2.75) is 17.2 Å². The molecule has 0 bridgehead atoms. The van der Waals surface area contributed by atoms with Crippen LogP contribution >= 0.6 is 23.1 Å². The van der Waals surface area contributed by atoms with E-state index in [0.29, 0.717) is 5.75 Å². The summed E-state index contributed by atoms with van der Waals surface area (Å²) in [6.07, 6.45) is 2.51. The normalized spacial score (nSPS) is 14.7. The van der Waals surface area contributed by atoms with E-state index in [0.717, 1.165) is 32.7 Å². The second-order valence-corrected chi connectivity index (χ2v) is 7.00. The van der Waals surface area contributed by atoms with E-state index in [-0.39, 0.29) is 5.91 Å². The number of thioether (sulfide) groups is 1. The summed E-state index contributed by atoms with van der Waals surface area (Å²) in [4.78, 5) is 16.1. The van der Waals surface area contributed by atoms with Crippen LogP contribution in [0.5, 0.6) is 0 Å². The number of carbonyl (C=O) groups excluding carboxylic acids is 1. The number of benzene rings is 1. The van der Waals surface area contributed by atoms with Gasteiger partial charge >= 0.3 is 0 Å². The number of amides is 1. The van der Waals surface area contributed by atoms with Gasteiger partial charge in [0.25, 0.3) is 0 Å². The first-order chi connectivity index (χ1) is 9.20. The van der Waals surface area contributed by atoms with Crippen LogP contribution in [0.1, 0.15) is 12.8 Å². The molecule has 6 heteroatoms. The predicted molar refractivity (Wildman–Crippen MR) is 80.5 cm³/mol. The number of nitrogens with zero attached hydrogens (tertiary/aromatic N) is 1. The van der Waals surface area contributed by atoms with Gasteiger partial charge in [-0.25, -0.2) is 4.98 Å². The molecule has 1 saturated carbocycles. The summed E-state index contributed by atoms with van der Waals surface area (Å²) < 4.78 is 1.99. The van der Waals surface area contributed by atoms with Crippen LogP contribution < -0.4 is 11.1 Å². The maximum atomic E-state index is 11.6.